The Hall–Kier alpha value is -4.88. The van der Waals surface area contributed by atoms with E-state index in [0.29, 0.717) is 43.9 Å². The zero-order chi connectivity index (χ0) is 33.4. The van der Waals surface area contributed by atoms with E-state index in [1.165, 1.54) is 43.1 Å². The van der Waals surface area contributed by atoms with Gasteiger partial charge in [-0.1, -0.05) is 41.3 Å². The lowest BCUT2D eigenvalue weighted by molar-refractivity contribution is -0.122. The number of thioether (sulfide) groups is 1. The van der Waals surface area contributed by atoms with Crippen molar-refractivity contribution in [3.63, 3.8) is 0 Å². The number of ether oxygens (including phenoxy) is 3. The number of aromatic nitrogens is 1. The number of methoxy groups -OCH3 is 2. The van der Waals surface area contributed by atoms with Crippen molar-refractivity contribution in [1.82, 2.24) is 4.57 Å². The highest BCUT2D eigenvalue weighted by Gasteiger charge is 2.57. The van der Waals surface area contributed by atoms with E-state index in [1.54, 1.807) is 31.2 Å². The molecule has 3 unspecified atom stereocenters. The molecule has 4 aromatic rings. The fraction of sp³-hybridized carbons (Fsp3) is 0.265. The number of aryl methyl sites for hydroxylation is 1. The van der Waals surface area contributed by atoms with Crippen LogP contribution in [0, 0.1) is 12.8 Å². The van der Waals surface area contributed by atoms with Gasteiger partial charge in [0.15, 0.2) is 11.5 Å². The third-order valence-electron chi connectivity index (χ3n) is 8.06. The average Bonchev–Trinajstić information content (AvgIpc) is 3.50. The topological polar surface area (TPSA) is 133 Å². The number of nitrogens with one attached hydrogen (secondary N) is 1. The number of esters is 1. The molecule has 0 bridgehead atoms. The first-order valence-electron chi connectivity index (χ1n) is 14.8. The summed E-state index contributed by atoms with van der Waals surface area (Å²) in [5.74, 6) is -2.47. The van der Waals surface area contributed by atoms with E-state index in [4.69, 9.17) is 14.2 Å². The molecule has 13 heteroatoms. The first kappa shape index (κ1) is 32.1. The molecule has 0 aliphatic carbocycles. The van der Waals surface area contributed by atoms with Crippen LogP contribution in [0.15, 0.2) is 76.6 Å². The van der Waals surface area contributed by atoms with Crippen molar-refractivity contribution in [3.05, 3.63) is 98.0 Å². The lowest BCUT2D eigenvalue weighted by Crippen LogP contribution is -2.33. The molecule has 0 radical (unpaired) electrons. The largest absolute Gasteiger partial charge is 0.493 e. The monoisotopic (exact) mass is 673 g/mol. The summed E-state index contributed by atoms with van der Waals surface area (Å²) in [5.41, 5.74) is 2.82. The van der Waals surface area contributed by atoms with Gasteiger partial charge in [-0.25, -0.2) is 9.69 Å². The molecule has 3 atom stereocenters. The van der Waals surface area contributed by atoms with Gasteiger partial charge in [0.2, 0.25) is 17.7 Å². The molecule has 11 nitrogen and oxygen atoms in total. The van der Waals surface area contributed by atoms with E-state index in [-0.39, 0.29) is 18.0 Å². The van der Waals surface area contributed by atoms with Crippen LogP contribution in [0.3, 0.4) is 0 Å². The lowest BCUT2D eigenvalue weighted by Gasteiger charge is -2.31. The first-order valence-corrected chi connectivity index (χ1v) is 16.5. The Morgan fingerprint density at radius 2 is 1.66 bits per heavy atom. The molecule has 1 aromatic heterocycles. The average molecular weight is 674 g/mol. The van der Waals surface area contributed by atoms with Crippen molar-refractivity contribution >= 4 is 58.2 Å². The molecule has 242 valence electrons. The predicted octanol–water partition coefficient (Wildman–Crippen LogP) is 4.85. The number of rotatable bonds is 9. The summed E-state index contributed by atoms with van der Waals surface area (Å²) in [6, 6.07) is 18.7. The van der Waals surface area contributed by atoms with E-state index in [1.807, 2.05) is 25.1 Å². The number of nitrogens with zero attached hydrogens (tertiary/aromatic N) is 2. The second-order valence-corrected chi connectivity index (χ2v) is 13.1. The van der Waals surface area contributed by atoms with Crippen molar-refractivity contribution in [2.24, 2.45) is 5.92 Å². The van der Waals surface area contributed by atoms with E-state index >= 15 is 0 Å². The number of carbonyl (C=O) groups excluding carboxylic acids is 4. The Balaban J connectivity index is 1.41. The summed E-state index contributed by atoms with van der Waals surface area (Å²) in [4.78, 5) is 68.5. The Bertz CT molecular complexity index is 1950. The van der Waals surface area contributed by atoms with Gasteiger partial charge in [-0.05, 0) is 73.5 Å². The maximum Gasteiger partial charge on any atom is 0.338 e. The fourth-order valence-electron chi connectivity index (χ4n) is 5.94. The van der Waals surface area contributed by atoms with Crippen molar-refractivity contribution in [2.45, 2.75) is 36.6 Å². The smallest absolute Gasteiger partial charge is 0.338 e. The maximum absolute atomic E-state index is 14.2. The first-order chi connectivity index (χ1) is 22.6. The standard InChI is InChI=1S/C34H31N3O8S2/c1-5-45-33(41)19-9-12-22(13-10-19)37-30(39)27-26(20-11-14-23(43-3)24(16-20)44-4)29-32(46-28(27)31(37)40)36(34(42)47-29)17-25(38)35-21-8-6-7-18(2)15-21/h6-16,26-28H,5,17H2,1-4H3,(H,35,38). The van der Waals surface area contributed by atoms with Crippen LogP contribution < -0.4 is 24.6 Å². The molecule has 1 fully saturated rings. The molecule has 47 heavy (non-hydrogen) atoms. The zero-order valence-electron chi connectivity index (χ0n) is 26.0. The molecule has 3 aromatic carbocycles. The number of imide groups is 1. The van der Waals surface area contributed by atoms with Crippen LogP contribution in [0.2, 0.25) is 0 Å². The van der Waals surface area contributed by atoms with Gasteiger partial charge >= 0.3 is 10.8 Å². The van der Waals surface area contributed by atoms with Crippen LogP contribution in [0.5, 0.6) is 11.5 Å². The van der Waals surface area contributed by atoms with E-state index in [0.717, 1.165) is 33.6 Å². The number of thiazole rings is 1. The zero-order valence-corrected chi connectivity index (χ0v) is 27.6. The molecule has 0 saturated carbocycles. The number of hydrogen-bond donors (Lipinski definition) is 1. The number of benzene rings is 3. The highest BCUT2D eigenvalue weighted by atomic mass is 32.2. The second kappa shape index (κ2) is 13.1. The van der Waals surface area contributed by atoms with Crippen LogP contribution in [0.1, 0.15) is 39.2 Å². The van der Waals surface area contributed by atoms with Gasteiger partial charge in [0.25, 0.3) is 0 Å². The van der Waals surface area contributed by atoms with E-state index < -0.39 is 40.8 Å². The highest BCUT2D eigenvalue weighted by Crippen LogP contribution is 2.54. The third kappa shape index (κ3) is 5.92. The van der Waals surface area contributed by atoms with Crippen molar-refractivity contribution < 1.29 is 33.4 Å². The molecule has 2 aliphatic heterocycles. The number of carbonyl (C=O) groups is 4. The summed E-state index contributed by atoms with van der Waals surface area (Å²) in [6.45, 7) is 3.55. The normalized spacial score (nSPS) is 18.4. The second-order valence-electron chi connectivity index (χ2n) is 11.0. The van der Waals surface area contributed by atoms with Crippen LogP contribution in [0.4, 0.5) is 11.4 Å². The van der Waals surface area contributed by atoms with Crippen LogP contribution >= 0.6 is 23.1 Å². The minimum absolute atomic E-state index is 0.213. The van der Waals surface area contributed by atoms with Crippen molar-refractivity contribution in [2.75, 3.05) is 31.0 Å². The Morgan fingerprint density at radius 1 is 0.915 bits per heavy atom. The summed E-state index contributed by atoms with van der Waals surface area (Å²) in [5, 5.41) is 2.41. The molecule has 1 saturated heterocycles. The van der Waals surface area contributed by atoms with Gasteiger partial charge in [0, 0.05) is 16.5 Å². The number of hydrogen-bond acceptors (Lipinski definition) is 10. The van der Waals surface area contributed by atoms with Gasteiger partial charge in [-0.3, -0.25) is 23.7 Å². The van der Waals surface area contributed by atoms with Gasteiger partial charge in [-0.2, -0.15) is 0 Å². The summed E-state index contributed by atoms with van der Waals surface area (Å²) in [6.07, 6.45) is 0. The number of fused-ring (bicyclic) bond motifs is 2. The summed E-state index contributed by atoms with van der Waals surface area (Å²) in [7, 11) is 3.01. The van der Waals surface area contributed by atoms with Gasteiger partial charge in [-0.15, -0.1) is 0 Å². The predicted molar refractivity (Wildman–Crippen MR) is 178 cm³/mol. The summed E-state index contributed by atoms with van der Waals surface area (Å²) < 4.78 is 17.4. The summed E-state index contributed by atoms with van der Waals surface area (Å²) >= 11 is 2.07. The van der Waals surface area contributed by atoms with Gasteiger partial charge in [0.05, 0.1) is 43.0 Å². The molecular weight excluding hydrogens is 643 g/mol. The molecule has 6 rings (SSSR count). The number of amides is 3. The van der Waals surface area contributed by atoms with E-state index in [9.17, 15) is 24.0 Å². The highest BCUT2D eigenvalue weighted by molar-refractivity contribution is 8.00. The Morgan fingerprint density at radius 3 is 2.34 bits per heavy atom. The minimum atomic E-state index is -0.891. The minimum Gasteiger partial charge on any atom is -0.493 e. The quantitative estimate of drug-likeness (QED) is 0.196. The van der Waals surface area contributed by atoms with E-state index in [2.05, 4.69) is 5.32 Å². The van der Waals surface area contributed by atoms with Gasteiger partial charge in [0.1, 0.15) is 11.8 Å². The van der Waals surface area contributed by atoms with Gasteiger partial charge < -0.3 is 19.5 Å². The lowest BCUT2D eigenvalue weighted by atomic mass is 9.83. The fourth-order valence-corrected chi connectivity index (χ4v) is 8.72. The molecule has 1 N–H and O–H groups in total. The van der Waals surface area contributed by atoms with Crippen LogP contribution in [-0.2, 0) is 25.7 Å². The SMILES string of the molecule is CCOC(=O)c1ccc(N2C(=O)C3Sc4c(sc(=O)n4CC(=O)Nc4cccc(C)c4)C(c4ccc(OC)c(OC)c4)C3C2=O)cc1. The van der Waals surface area contributed by atoms with Crippen molar-refractivity contribution in [1.29, 1.82) is 0 Å². The third-order valence-corrected chi connectivity index (χ3v) is 10.7. The molecule has 0 spiro atoms. The molecular formula is C34H31N3O8S2. The molecule has 2 aliphatic rings. The number of anilines is 2. The Labute approximate surface area is 278 Å². The molecule has 3 amide bonds. The molecule has 3 heterocycles. The Kier molecular flexibility index (Phi) is 8.93. The van der Waals surface area contributed by atoms with Crippen LogP contribution in [-0.4, -0.2) is 54.3 Å². The van der Waals surface area contributed by atoms with Crippen molar-refractivity contribution in [3.8, 4) is 11.5 Å². The maximum atomic E-state index is 14.2. The van der Waals surface area contributed by atoms with Crippen LogP contribution in [0.25, 0.3) is 0 Å².